The standard InChI is InChI=1S/C22H24FN5O2/c1-12(2)27(3)13-10-15-20-17(11-13)29-9-5-4-8-28(20)21(25-15)14-6-7-16-19(18(14)23)26-22(24)30-16/h6-7,10-12H,4-5,8-9H2,1-3H3,(H2,24,26). The number of fused-ring (bicyclic) bond motifs is 1. The number of halogens is 1. The number of nitrogens with two attached hydrogens (primary N) is 1. The number of hydrogen-bond acceptors (Lipinski definition) is 6. The minimum atomic E-state index is -0.483. The van der Waals surface area contributed by atoms with E-state index in [1.807, 2.05) is 19.2 Å². The van der Waals surface area contributed by atoms with Crippen molar-refractivity contribution in [1.29, 1.82) is 0 Å². The smallest absolute Gasteiger partial charge is 0.293 e. The lowest BCUT2D eigenvalue weighted by molar-refractivity contribution is 0.299. The van der Waals surface area contributed by atoms with Gasteiger partial charge in [-0.25, -0.2) is 9.37 Å². The fourth-order valence-corrected chi connectivity index (χ4v) is 3.96. The molecule has 2 aromatic carbocycles. The molecule has 0 spiro atoms. The zero-order chi connectivity index (χ0) is 21.0. The number of benzene rings is 2. The third kappa shape index (κ3) is 2.86. The van der Waals surface area contributed by atoms with Gasteiger partial charge in [0.25, 0.3) is 6.01 Å². The molecular formula is C22H24FN5O2. The molecule has 2 N–H and O–H groups in total. The molecule has 0 amide bonds. The Morgan fingerprint density at radius 2 is 2.03 bits per heavy atom. The Morgan fingerprint density at radius 3 is 2.83 bits per heavy atom. The van der Waals surface area contributed by atoms with E-state index in [1.54, 1.807) is 12.1 Å². The minimum Gasteiger partial charge on any atom is -0.491 e. The second-order valence-corrected chi connectivity index (χ2v) is 7.98. The first-order valence-corrected chi connectivity index (χ1v) is 10.2. The highest BCUT2D eigenvalue weighted by molar-refractivity contribution is 5.91. The van der Waals surface area contributed by atoms with Gasteiger partial charge in [-0.3, -0.25) is 0 Å². The fourth-order valence-electron chi connectivity index (χ4n) is 3.96. The van der Waals surface area contributed by atoms with Crippen molar-refractivity contribution in [3.63, 3.8) is 0 Å². The van der Waals surface area contributed by atoms with Crippen LogP contribution in [0.1, 0.15) is 26.7 Å². The first-order chi connectivity index (χ1) is 14.4. The predicted molar refractivity (Wildman–Crippen MR) is 115 cm³/mol. The Balaban J connectivity index is 1.77. The number of oxazole rings is 1. The van der Waals surface area contributed by atoms with Gasteiger partial charge in [0.15, 0.2) is 11.4 Å². The van der Waals surface area contributed by atoms with Crippen molar-refractivity contribution in [3.8, 4) is 17.1 Å². The topological polar surface area (TPSA) is 82.3 Å². The van der Waals surface area contributed by atoms with Gasteiger partial charge >= 0.3 is 0 Å². The van der Waals surface area contributed by atoms with Crippen molar-refractivity contribution in [1.82, 2.24) is 14.5 Å². The average molecular weight is 409 g/mol. The zero-order valence-corrected chi connectivity index (χ0v) is 17.3. The van der Waals surface area contributed by atoms with Crippen LogP contribution >= 0.6 is 0 Å². The van der Waals surface area contributed by atoms with Gasteiger partial charge in [-0.15, -0.1) is 0 Å². The van der Waals surface area contributed by atoms with E-state index in [0.717, 1.165) is 41.9 Å². The fraction of sp³-hybridized carbons (Fsp3) is 0.364. The van der Waals surface area contributed by atoms with Crippen LogP contribution in [0.5, 0.6) is 5.75 Å². The van der Waals surface area contributed by atoms with E-state index < -0.39 is 5.82 Å². The summed E-state index contributed by atoms with van der Waals surface area (Å²) in [5.74, 6) is 0.853. The van der Waals surface area contributed by atoms with Crippen molar-refractivity contribution >= 4 is 33.8 Å². The summed E-state index contributed by atoms with van der Waals surface area (Å²) in [6, 6.07) is 7.71. The molecule has 0 saturated heterocycles. The number of ether oxygens (including phenoxy) is 1. The summed E-state index contributed by atoms with van der Waals surface area (Å²) in [6.45, 7) is 5.65. The summed E-state index contributed by atoms with van der Waals surface area (Å²) in [4.78, 5) is 11.0. The lowest BCUT2D eigenvalue weighted by atomic mass is 10.1. The van der Waals surface area contributed by atoms with Gasteiger partial charge in [-0.05, 0) is 44.9 Å². The molecule has 0 unspecified atom stereocenters. The highest BCUT2D eigenvalue weighted by Crippen LogP contribution is 2.38. The van der Waals surface area contributed by atoms with Gasteiger partial charge in [0, 0.05) is 31.4 Å². The molecule has 0 atom stereocenters. The SMILES string of the molecule is CC(C)N(C)c1cc2c3c(c1)nc(-c1ccc4oc(N)nc4c1F)n3CCCCO2. The molecule has 2 aromatic heterocycles. The lowest BCUT2D eigenvalue weighted by Crippen LogP contribution is -2.25. The molecule has 156 valence electrons. The number of rotatable bonds is 3. The first kappa shape index (κ1) is 18.7. The van der Waals surface area contributed by atoms with E-state index in [0.29, 0.717) is 29.6 Å². The van der Waals surface area contributed by atoms with Crippen LogP contribution in [0, 0.1) is 5.82 Å². The summed E-state index contributed by atoms with van der Waals surface area (Å²) in [5.41, 5.74) is 9.12. The molecule has 3 heterocycles. The molecule has 4 aromatic rings. The lowest BCUT2D eigenvalue weighted by Gasteiger charge is -2.25. The maximum absolute atomic E-state index is 15.4. The molecule has 7 nitrogen and oxygen atoms in total. The van der Waals surface area contributed by atoms with Crippen molar-refractivity contribution < 1.29 is 13.5 Å². The maximum Gasteiger partial charge on any atom is 0.293 e. The molecule has 1 aliphatic heterocycles. The van der Waals surface area contributed by atoms with Crippen LogP contribution in [0.2, 0.25) is 0 Å². The number of nitrogen functional groups attached to an aromatic ring is 1. The van der Waals surface area contributed by atoms with Gasteiger partial charge in [0.1, 0.15) is 22.6 Å². The van der Waals surface area contributed by atoms with E-state index in [2.05, 4.69) is 28.3 Å². The summed E-state index contributed by atoms with van der Waals surface area (Å²) in [5, 5.41) is 0. The molecule has 0 aliphatic carbocycles. The summed E-state index contributed by atoms with van der Waals surface area (Å²) in [7, 11) is 2.04. The normalized spacial score (nSPS) is 14.2. The van der Waals surface area contributed by atoms with Crippen LogP contribution < -0.4 is 15.4 Å². The Hall–Kier alpha value is -3.29. The first-order valence-electron chi connectivity index (χ1n) is 10.2. The van der Waals surface area contributed by atoms with Crippen molar-refractivity contribution in [2.45, 2.75) is 39.3 Å². The van der Waals surface area contributed by atoms with Gasteiger partial charge < -0.3 is 24.4 Å². The van der Waals surface area contributed by atoms with E-state index >= 15 is 4.39 Å². The minimum absolute atomic E-state index is 0.0546. The zero-order valence-electron chi connectivity index (χ0n) is 17.3. The van der Waals surface area contributed by atoms with Gasteiger partial charge in [-0.1, -0.05) is 0 Å². The molecule has 5 rings (SSSR count). The number of imidazole rings is 1. The number of hydrogen-bond donors (Lipinski definition) is 1. The summed E-state index contributed by atoms with van der Waals surface area (Å²) >= 11 is 0. The van der Waals surface area contributed by atoms with Crippen molar-refractivity contribution in [3.05, 3.63) is 30.1 Å². The van der Waals surface area contributed by atoms with E-state index in [9.17, 15) is 0 Å². The number of aryl methyl sites for hydroxylation is 1. The molecule has 0 bridgehead atoms. The number of aromatic nitrogens is 3. The third-order valence-corrected chi connectivity index (χ3v) is 5.76. The van der Waals surface area contributed by atoms with Gasteiger partial charge in [0.2, 0.25) is 0 Å². The van der Waals surface area contributed by atoms with Crippen LogP contribution in [0.25, 0.3) is 33.5 Å². The number of nitrogens with zero attached hydrogens (tertiary/aromatic N) is 4. The Labute approximate surface area is 173 Å². The molecule has 30 heavy (non-hydrogen) atoms. The Bertz CT molecular complexity index is 1260. The largest absolute Gasteiger partial charge is 0.491 e. The van der Waals surface area contributed by atoms with Gasteiger partial charge in [0.05, 0.1) is 17.7 Å². The Kier molecular flexibility index (Phi) is 4.30. The second kappa shape index (κ2) is 6.90. The maximum atomic E-state index is 15.4. The molecule has 1 aliphatic rings. The van der Waals surface area contributed by atoms with Crippen LogP contribution in [-0.2, 0) is 6.54 Å². The highest BCUT2D eigenvalue weighted by Gasteiger charge is 2.24. The summed E-state index contributed by atoms with van der Waals surface area (Å²) in [6.07, 6.45) is 1.84. The van der Waals surface area contributed by atoms with Gasteiger partial charge in [-0.2, -0.15) is 4.98 Å². The highest BCUT2D eigenvalue weighted by atomic mass is 19.1. The van der Waals surface area contributed by atoms with Crippen LogP contribution in [-0.4, -0.2) is 34.2 Å². The summed E-state index contributed by atoms with van der Waals surface area (Å²) < 4.78 is 28.8. The monoisotopic (exact) mass is 409 g/mol. The van der Waals surface area contributed by atoms with Crippen molar-refractivity contribution in [2.24, 2.45) is 0 Å². The quantitative estimate of drug-likeness (QED) is 0.533. The third-order valence-electron chi connectivity index (χ3n) is 5.76. The van der Waals surface area contributed by atoms with E-state index in [1.165, 1.54) is 0 Å². The molecule has 0 saturated carbocycles. The molecule has 8 heteroatoms. The predicted octanol–water partition coefficient (Wildman–Crippen LogP) is 4.58. The van der Waals surface area contributed by atoms with Crippen LogP contribution in [0.4, 0.5) is 16.1 Å². The van der Waals surface area contributed by atoms with E-state index in [4.69, 9.17) is 19.9 Å². The Morgan fingerprint density at radius 1 is 1.20 bits per heavy atom. The number of anilines is 2. The average Bonchev–Trinajstić information content (AvgIpc) is 3.25. The molecule has 0 fully saturated rings. The molecular weight excluding hydrogens is 385 g/mol. The molecule has 0 radical (unpaired) electrons. The van der Waals surface area contributed by atoms with Crippen molar-refractivity contribution in [2.75, 3.05) is 24.3 Å². The van der Waals surface area contributed by atoms with Crippen LogP contribution in [0.3, 0.4) is 0 Å². The second-order valence-electron chi connectivity index (χ2n) is 7.98. The van der Waals surface area contributed by atoms with Crippen LogP contribution in [0.15, 0.2) is 28.7 Å². The van der Waals surface area contributed by atoms with E-state index in [-0.39, 0.29) is 11.5 Å².